The van der Waals surface area contributed by atoms with Crippen molar-refractivity contribution in [3.63, 3.8) is 0 Å². The molecule has 3 aromatic rings. The van der Waals surface area contributed by atoms with Crippen LogP contribution >= 0.6 is 0 Å². The molecule has 0 saturated heterocycles. The summed E-state index contributed by atoms with van der Waals surface area (Å²) in [7, 11) is 3.41. The standard InChI is InChI=1S/C26H32N4O5/c1-16(31)27-18-11-12-23(34-6)20(14-18)28-24(32)21(29-25(33)35-26(2,3)4)13-17-15-30(5)22-10-8-7-9-19(17)22/h7-12,14-15,21H,13H2,1-6H3,(H,27,31)(H,28,32)(H,29,33). The number of hydrogen-bond acceptors (Lipinski definition) is 5. The molecular formula is C26H32N4O5. The smallest absolute Gasteiger partial charge is 0.408 e. The third-order valence-corrected chi connectivity index (χ3v) is 5.19. The normalized spacial score (nSPS) is 12.1. The van der Waals surface area contributed by atoms with Crippen molar-refractivity contribution in [1.82, 2.24) is 9.88 Å². The van der Waals surface area contributed by atoms with E-state index in [0.29, 0.717) is 17.1 Å². The van der Waals surface area contributed by atoms with Crippen LogP contribution in [-0.4, -0.2) is 41.2 Å². The van der Waals surface area contributed by atoms with Gasteiger partial charge in [0, 0.05) is 43.2 Å². The van der Waals surface area contributed by atoms with Crippen LogP contribution in [0.4, 0.5) is 16.2 Å². The minimum Gasteiger partial charge on any atom is -0.495 e. The van der Waals surface area contributed by atoms with E-state index in [4.69, 9.17) is 9.47 Å². The van der Waals surface area contributed by atoms with E-state index in [1.807, 2.05) is 42.1 Å². The molecule has 3 rings (SSSR count). The van der Waals surface area contributed by atoms with Crippen molar-refractivity contribution in [3.8, 4) is 5.75 Å². The lowest BCUT2D eigenvalue weighted by Gasteiger charge is -2.23. The number of alkyl carbamates (subject to hydrolysis) is 1. The van der Waals surface area contributed by atoms with E-state index in [0.717, 1.165) is 16.5 Å². The number of para-hydroxylation sites is 1. The zero-order valence-electron chi connectivity index (χ0n) is 20.9. The molecule has 186 valence electrons. The lowest BCUT2D eigenvalue weighted by atomic mass is 10.0. The maximum absolute atomic E-state index is 13.4. The lowest BCUT2D eigenvalue weighted by Crippen LogP contribution is -2.47. The number of carbonyl (C=O) groups excluding carboxylic acids is 3. The number of fused-ring (bicyclic) bond motifs is 1. The van der Waals surface area contributed by atoms with Crippen molar-refractivity contribution in [2.45, 2.75) is 45.8 Å². The predicted molar refractivity (Wildman–Crippen MR) is 136 cm³/mol. The Morgan fingerprint density at radius 1 is 1.06 bits per heavy atom. The first-order valence-electron chi connectivity index (χ1n) is 11.3. The first-order chi connectivity index (χ1) is 16.5. The average Bonchev–Trinajstić information content (AvgIpc) is 3.07. The Hall–Kier alpha value is -4.01. The number of benzene rings is 2. The van der Waals surface area contributed by atoms with Crippen molar-refractivity contribution in [3.05, 3.63) is 54.2 Å². The van der Waals surface area contributed by atoms with Crippen molar-refractivity contribution in [2.75, 3.05) is 17.7 Å². The Morgan fingerprint density at radius 2 is 1.77 bits per heavy atom. The van der Waals surface area contributed by atoms with Crippen LogP contribution in [0.15, 0.2) is 48.7 Å². The Bertz CT molecular complexity index is 1240. The summed E-state index contributed by atoms with van der Waals surface area (Å²) in [6, 6.07) is 11.8. The number of aromatic nitrogens is 1. The van der Waals surface area contributed by atoms with Crippen LogP contribution in [0.5, 0.6) is 5.75 Å². The monoisotopic (exact) mass is 480 g/mol. The number of aryl methyl sites for hydroxylation is 1. The lowest BCUT2D eigenvalue weighted by molar-refractivity contribution is -0.118. The van der Waals surface area contributed by atoms with Gasteiger partial charge in [-0.2, -0.15) is 0 Å². The van der Waals surface area contributed by atoms with E-state index >= 15 is 0 Å². The van der Waals surface area contributed by atoms with Crippen LogP contribution in [0.2, 0.25) is 0 Å². The number of methoxy groups -OCH3 is 1. The van der Waals surface area contributed by atoms with E-state index < -0.39 is 23.6 Å². The second-order valence-corrected chi connectivity index (χ2v) is 9.27. The fraction of sp³-hybridized carbons (Fsp3) is 0.346. The summed E-state index contributed by atoms with van der Waals surface area (Å²) < 4.78 is 12.7. The fourth-order valence-corrected chi connectivity index (χ4v) is 3.77. The topological polar surface area (TPSA) is 111 Å². The Morgan fingerprint density at radius 3 is 2.43 bits per heavy atom. The van der Waals surface area contributed by atoms with Gasteiger partial charge in [0.15, 0.2) is 0 Å². The van der Waals surface area contributed by atoms with Crippen molar-refractivity contribution in [1.29, 1.82) is 0 Å². The van der Waals surface area contributed by atoms with Crippen LogP contribution in [0, 0.1) is 0 Å². The zero-order chi connectivity index (χ0) is 25.8. The SMILES string of the molecule is COc1ccc(NC(C)=O)cc1NC(=O)C(Cc1cn(C)c2ccccc12)NC(=O)OC(C)(C)C. The van der Waals surface area contributed by atoms with Gasteiger partial charge in [0.2, 0.25) is 11.8 Å². The second-order valence-electron chi connectivity index (χ2n) is 9.27. The van der Waals surface area contributed by atoms with Gasteiger partial charge in [0.05, 0.1) is 12.8 Å². The van der Waals surface area contributed by atoms with E-state index in [9.17, 15) is 14.4 Å². The molecule has 9 nitrogen and oxygen atoms in total. The van der Waals surface area contributed by atoms with Crippen LogP contribution < -0.4 is 20.7 Å². The zero-order valence-corrected chi connectivity index (χ0v) is 20.9. The van der Waals surface area contributed by atoms with Gasteiger partial charge in [-0.05, 0) is 50.6 Å². The molecule has 0 fully saturated rings. The maximum atomic E-state index is 13.4. The number of anilines is 2. The third-order valence-electron chi connectivity index (χ3n) is 5.19. The van der Waals surface area contributed by atoms with E-state index in [1.54, 1.807) is 39.0 Å². The molecule has 0 spiro atoms. The average molecular weight is 481 g/mol. The molecule has 1 atom stereocenters. The van der Waals surface area contributed by atoms with E-state index in [1.165, 1.54) is 14.0 Å². The number of ether oxygens (including phenoxy) is 2. The highest BCUT2D eigenvalue weighted by molar-refractivity contribution is 5.99. The van der Waals surface area contributed by atoms with Crippen molar-refractivity contribution >= 4 is 40.2 Å². The highest BCUT2D eigenvalue weighted by atomic mass is 16.6. The van der Waals surface area contributed by atoms with Gasteiger partial charge in [-0.25, -0.2) is 4.79 Å². The number of rotatable bonds is 7. The van der Waals surface area contributed by atoms with Crippen molar-refractivity contribution < 1.29 is 23.9 Å². The Labute approximate surface area is 204 Å². The van der Waals surface area contributed by atoms with Gasteiger partial charge < -0.3 is 30.0 Å². The Balaban J connectivity index is 1.91. The number of nitrogens with one attached hydrogen (secondary N) is 3. The Kier molecular flexibility index (Phi) is 7.68. The summed E-state index contributed by atoms with van der Waals surface area (Å²) in [5, 5.41) is 9.20. The van der Waals surface area contributed by atoms with E-state index in [2.05, 4.69) is 16.0 Å². The van der Waals surface area contributed by atoms with Gasteiger partial charge in [-0.1, -0.05) is 18.2 Å². The molecule has 35 heavy (non-hydrogen) atoms. The van der Waals surface area contributed by atoms with Crippen LogP contribution in [0.25, 0.3) is 10.9 Å². The summed E-state index contributed by atoms with van der Waals surface area (Å²) in [4.78, 5) is 37.5. The van der Waals surface area contributed by atoms with Gasteiger partial charge in [-0.15, -0.1) is 0 Å². The van der Waals surface area contributed by atoms with Crippen LogP contribution in [-0.2, 0) is 27.8 Å². The summed E-state index contributed by atoms with van der Waals surface area (Å²) >= 11 is 0. The summed E-state index contributed by atoms with van der Waals surface area (Å²) in [5.41, 5.74) is 2.05. The summed E-state index contributed by atoms with van der Waals surface area (Å²) in [5.74, 6) is -0.288. The number of nitrogens with zero attached hydrogens (tertiary/aromatic N) is 1. The summed E-state index contributed by atoms with van der Waals surface area (Å²) in [6.45, 7) is 6.66. The quantitative estimate of drug-likeness (QED) is 0.469. The predicted octanol–water partition coefficient (Wildman–Crippen LogP) is 4.22. The minimum absolute atomic E-state index is 0.236. The molecule has 0 bridgehead atoms. The largest absolute Gasteiger partial charge is 0.495 e. The number of carbonyl (C=O) groups is 3. The van der Waals surface area contributed by atoms with Crippen LogP contribution in [0.3, 0.4) is 0 Å². The molecule has 9 heteroatoms. The molecule has 3 N–H and O–H groups in total. The van der Waals surface area contributed by atoms with Gasteiger partial charge >= 0.3 is 6.09 Å². The molecule has 0 aliphatic carbocycles. The van der Waals surface area contributed by atoms with Gasteiger partial charge in [-0.3, -0.25) is 9.59 Å². The molecule has 1 heterocycles. The van der Waals surface area contributed by atoms with E-state index in [-0.39, 0.29) is 12.3 Å². The highest BCUT2D eigenvalue weighted by Gasteiger charge is 2.27. The molecule has 0 saturated carbocycles. The molecule has 2 aromatic carbocycles. The third kappa shape index (κ3) is 6.75. The van der Waals surface area contributed by atoms with Crippen LogP contribution in [0.1, 0.15) is 33.3 Å². The maximum Gasteiger partial charge on any atom is 0.408 e. The molecule has 0 aliphatic heterocycles. The minimum atomic E-state index is -0.940. The second kappa shape index (κ2) is 10.5. The fourth-order valence-electron chi connectivity index (χ4n) is 3.77. The summed E-state index contributed by atoms with van der Waals surface area (Å²) in [6.07, 6.45) is 1.48. The molecule has 1 unspecified atom stereocenters. The first kappa shape index (κ1) is 25.6. The molecule has 0 radical (unpaired) electrons. The molecule has 3 amide bonds. The highest BCUT2D eigenvalue weighted by Crippen LogP contribution is 2.29. The molecule has 1 aromatic heterocycles. The molecular weight excluding hydrogens is 448 g/mol. The number of amides is 3. The molecule has 0 aliphatic rings. The first-order valence-corrected chi connectivity index (χ1v) is 11.3. The van der Waals surface area contributed by atoms with Gasteiger partial charge in [0.1, 0.15) is 17.4 Å². The van der Waals surface area contributed by atoms with Gasteiger partial charge in [0.25, 0.3) is 0 Å². The van der Waals surface area contributed by atoms with Crippen molar-refractivity contribution in [2.24, 2.45) is 7.05 Å². The number of hydrogen-bond donors (Lipinski definition) is 3.